The van der Waals surface area contributed by atoms with Crippen LogP contribution < -0.4 is 4.90 Å². The van der Waals surface area contributed by atoms with Crippen LogP contribution in [0.4, 0.5) is 17.1 Å². The van der Waals surface area contributed by atoms with Crippen molar-refractivity contribution in [2.75, 3.05) is 4.90 Å². The van der Waals surface area contributed by atoms with E-state index in [0.717, 1.165) is 88.7 Å². The summed E-state index contributed by atoms with van der Waals surface area (Å²) in [5, 5.41) is 6.69. The number of para-hydroxylation sites is 1. The largest absolute Gasteiger partial charge is 0.456 e. The maximum Gasteiger partial charge on any atom is 0.227 e. The molecular weight excluding hydrogens is 713 g/mol. The summed E-state index contributed by atoms with van der Waals surface area (Å²) < 4.78 is 18.8. The first-order valence-electron chi connectivity index (χ1n) is 19.4. The van der Waals surface area contributed by atoms with Crippen LogP contribution in [0.2, 0.25) is 0 Å². The molecule has 12 rings (SSSR count). The Balaban J connectivity index is 0.938. The predicted octanol–water partition coefficient (Wildman–Crippen LogP) is 15.3. The molecule has 0 unspecified atom stereocenters. The second-order valence-electron chi connectivity index (χ2n) is 14.7. The lowest BCUT2D eigenvalue weighted by Crippen LogP contribution is -2.09. The Bertz CT molecular complexity index is 3500. The molecule has 0 aliphatic carbocycles. The molecule has 12 aromatic rings. The van der Waals surface area contributed by atoms with Gasteiger partial charge in [-0.25, -0.2) is 4.98 Å². The van der Waals surface area contributed by atoms with Gasteiger partial charge in [-0.05, 0) is 112 Å². The van der Waals surface area contributed by atoms with E-state index in [4.69, 9.17) is 18.2 Å². The van der Waals surface area contributed by atoms with Crippen molar-refractivity contribution < 1.29 is 13.3 Å². The average Bonchev–Trinajstić information content (AvgIpc) is 3.99. The standard InChI is InChI=1S/C53H32N2O3/c1-2-10-36(11-3-1)53-54-47-32-51-46(31-52(47)58-53)44-29-37(21-27-49(44)57-51)33-17-22-38(23-18-33)55(40-26-28-50-45(30-40)43-14-6-7-16-48(43)56-50)39-24-19-35(20-25-39)42-15-8-12-34-9-4-5-13-41(34)42/h1-32H. The van der Waals surface area contributed by atoms with E-state index in [0.29, 0.717) is 5.89 Å². The van der Waals surface area contributed by atoms with Crippen LogP contribution in [-0.4, -0.2) is 4.98 Å². The minimum absolute atomic E-state index is 0.598. The van der Waals surface area contributed by atoms with Crippen LogP contribution in [0.25, 0.3) is 99.5 Å². The van der Waals surface area contributed by atoms with Crippen molar-refractivity contribution in [1.82, 2.24) is 4.98 Å². The number of furan rings is 2. The predicted molar refractivity (Wildman–Crippen MR) is 237 cm³/mol. The lowest BCUT2D eigenvalue weighted by Gasteiger charge is -2.26. The third kappa shape index (κ3) is 5.29. The summed E-state index contributed by atoms with van der Waals surface area (Å²) in [6.45, 7) is 0. The molecule has 0 spiro atoms. The molecule has 0 radical (unpaired) electrons. The van der Waals surface area contributed by atoms with E-state index in [2.05, 4.69) is 144 Å². The van der Waals surface area contributed by atoms with Crippen molar-refractivity contribution in [3.63, 3.8) is 0 Å². The maximum atomic E-state index is 6.33. The minimum Gasteiger partial charge on any atom is -0.456 e. The molecule has 0 bridgehead atoms. The van der Waals surface area contributed by atoms with Crippen LogP contribution >= 0.6 is 0 Å². The molecule has 0 fully saturated rings. The van der Waals surface area contributed by atoms with Crippen LogP contribution in [0.1, 0.15) is 0 Å². The summed E-state index contributed by atoms with van der Waals surface area (Å²) >= 11 is 0. The topological polar surface area (TPSA) is 55.6 Å². The van der Waals surface area contributed by atoms with Crippen LogP contribution in [0.5, 0.6) is 0 Å². The van der Waals surface area contributed by atoms with E-state index >= 15 is 0 Å². The number of hydrogen-bond acceptors (Lipinski definition) is 5. The summed E-state index contributed by atoms with van der Waals surface area (Å²) in [6.07, 6.45) is 0. The third-order valence-corrected chi connectivity index (χ3v) is 11.3. The van der Waals surface area contributed by atoms with E-state index in [-0.39, 0.29) is 0 Å². The highest BCUT2D eigenvalue weighted by Gasteiger charge is 2.18. The van der Waals surface area contributed by atoms with Crippen LogP contribution in [0.15, 0.2) is 207 Å². The van der Waals surface area contributed by atoms with Gasteiger partial charge in [0.15, 0.2) is 5.58 Å². The Labute approximate surface area is 332 Å². The van der Waals surface area contributed by atoms with Crippen molar-refractivity contribution in [2.24, 2.45) is 0 Å². The molecule has 0 atom stereocenters. The van der Waals surface area contributed by atoms with Gasteiger partial charge in [-0.15, -0.1) is 0 Å². The summed E-state index contributed by atoms with van der Waals surface area (Å²) in [6, 6.07) is 67.8. The van der Waals surface area contributed by atoms with E-state index in [9.17, 15) is 0 Å². The van der Waals surface area contributed by atoms with E-state index < -0.39 is 0 Å². The van der Waals surface area contributed by atoms with E-state index in [1.54, 1.807) is 0 Å². The number of anilines is 3. The van der Waals surface area contributed by atoms with Crippen LogP contribution in [0, 0.1) is 0 Å². The highest BCUT2D eigenvalue weighted by atomic mass is 16.4. The van der Waals surface area contributed by atoms with Crippen molar-refractivity contribution in [3.8, 4) is 33.7 Å². The van der Waals surface area contributed by atoms with Gasteiger partial charge in [-0.1, -0.05) is 109 Å². The number of fused-ring (bicyclic) bond motifs is 8. The van der Waals surface area contributed by atoms with E-state index in [1.807, 2.05) is 54.6 Å². The van der Waals surface area contributed by atoms with Gasteiger partial charge in [0.05, 0.1) is 0 Å². The zero-order valence-corrected chi connectivity index (χ0v) is 31.1. The molecule has 0 N–H and O–H groups in total. The second kappa shape index (κ2) is 12.8. The molecule has 272 valence electrons. The Morgan fingerprint density at radius 1 is 0.328 bits per heavy atom. The van der Waals surface area contributed by atoms with Crippen molar-refractivity contribution >= 4 is 82.8 Å². The van der Waals surface area contributed by atoms with Gasteiger partial charge < -0.3 is 18.2 Å². The zero-order chi connectivity index (χ0) is 38.2. The van der Waals surface area contributed by atoms with E-state index in [1.165, 1.54) is 21.9 Å². The number of nitrogens with zero attached hydrogens (tertiary/aromatic N) is 2. The third-order valence-electron chi connectivity index (χ3n) is 11.3. The fraction of sp³-hybridized carbons (Fsp3) is 0. The van der Waals surface area contributed by atoms with Gasteiger partial charge in [-0.2, -0.15) is 0 Å². The Morgan fingerprint density at radius 3 is 1.76 bits per heavy atom. The molecule has 0 amide bonds. The molecule has 3 aromatic heterocycles. The lowest BCUT2D eigenvalue weighted by atomic mass is 9.98. The monoisotopic (exact) mass is 744 g/mol. The van der Waals surface area contributed by atoms with Gasteiger partial charge in [0.2, 0.25) is 5.89 Å². The van der Waals surface area contributed by atoms with Gasteiger partial charge in [0.25, 0.3) is 0 Å². The first-order valence-corrected chi connectivity index (χ1v) is 19.4. The van der Waals surface area contributed by atoms with Crippen molar-refractivity contribution in [3.05, 3.63) is 194 Å². The second-order valence-corrected chi connectivity index (χ2v) is 14.7. The molecule has 5 heteroatoms. The normalized spacial score (nSPS) is 11.8. The number of hydrogen-bond donors (Lipinski definition) is 0. The SMILES string of the molecule is c1ccc(-c2nc3cc4oc5ccc(-c6ccc(N(c7ccc(-c8cccc9ccccc89)cc7)c7ccc8oc9ccccc9c8c7)cc6)cc5c4cc3o2)cc1. The highest BCUT2D eigenvalue weighted by molar-refractivity contribution is 6.10. The average molecular weight is 745 g/mol. The van der Waals surface area contributed by atoms with Gasteiger partial charge in [0, 0.05) is 50.2 Å². The lowest BCUT2D eigenvalue weighted by molar-refractivity contribution is 0.620. The first-order chi connectivity index (χ1) is 28.7. The van der Waals surface area contributed by atoms with Gasteiger partial charge in [0.1, 0.15) is 27.8 Å². The zero-order valence-electron chi connectivity index (χ0n) is 31.1. The minimum atomic E-state index is 0.598. The first kappa shape index (κ1) is 32.4. The summed E-state index contributed by atoms with van der Waals surface area (Å²) in [7, 11) is 0. The Hall–Kier alpha value is -7.89. The van der Waals surface area contributed by atoms with Gasteiger partial charge in [-0.3, -0.25) is 0 Å². The quantitative estimate of drug-likeness (QED) is 0.170. The molecule has 9 aromatic carbocycles. The summed E-state index contributed by atoms with van der Waals surface area (Å²) in [5.74, 6) is 0.598. The summed E-state index contributed by atoms with van der Waals surface area (Å²) in [5.41, 5.74) is 13.6. The molecular formula is C53H32N2O3. The Kier molecular flexibility index (Phi) is 7.16. The van der Waals surface area contributed by atoms with Crippen LogP contribution in [-0.2, 0) is 0 Å². The highest BCUT2D eigenvalue weighted by Crippen LogP contribution is 2.41. The molecule has 3 heterocycles. The smallest absolute Gasteiger partial charge is 0.227 e. The molecule has 58 heavy (non-hydrogen) atoms. The number of aromatic nitrogens is 1. The van der Waals surface area contributed by atoms with Gasteiger partial charge >= 0.3 is 0 Å². The molecule has 0 saturated carbocycles. The fourth-order valence-electron chi connectivity index (χ4n) is 8.45. The van der Waals surface area contributed by atoms with Crippen molar-refractivity contribution in [2.45, 2.75) is 0 Å². The Morgan fingerprint density at radius 2 is 0.931 bits per heavy atom. The number of oxazole rings is 1. The molecule has 0 aliphatic rings. The molecule has 0 saturated heterocycles. The number of rotatable bonds is 6. The summed E-state index contributed by atoms with van der Waals surface area (Å²) in [4.78, 5) is 7.07. The maximum absolute atomic E-state index is 6.33. The molecule has 5 nitrogen and oxygen atoms in total. The van der Waals surface area contributed by atoms with Crippen LogP contribution in [0.3, 0.4) is 0 Å². The number of benzene rings is 9. The fourth-order valence-corrected chi connectivity index (χ4v) is 8.45. The van der Waals surface area contributed by atoms with Crippen molar-refractivity contribution in [1.29, 1.82) is 0 Å². The molecule has 0 aliphatic heterocycles.